The lowest BCUT2D eigenvalue weighted by atomic mass is 10.0. The van der Waals surface area contributed by atoms with Gasteiger partial charge in [0.05, 0.1) is 4.90 Å². The van der Waals surface area contributed by atoms with E-state index in [1.54, 1.807) is 23.5 Å². The van der Waals surface area contributed by atoms with Gasteiger partial charge in [0.15, 0.2) is 0 Å². The van der Waals surface area contributed by atoms with Crippen LogP contribution in [-0.2, 0) is 10.0 Å². The van der Waals surface area contributed by atoms with E-state index in [4.69, 9.17) is 0 Å². The van der Waals surface area contributed by atoms with Gasteiger partial charge < -0.3 is 0 Å². The molecule has 0 heterocycles. The van der Waals surface area contributed by atoms with E-state index in [2.05, 4.69) is 8.82 Å². The second kappa shape index (κ2) is 7.73. The lowest BCUT2D eigenvalue weighted by Crippen LogP contribution is -2.21. The van der Waals surface area contributed by atoms with E-state index in [-0.39, 0.29) is 0 Å². The van der Waals surface area contributed by atoms with E-state index in [0.29, 0.717) is 10.6 Å². The summed E-state index contributed by atoms with van der Waals surface area (Å²) in [6.45, 7) is 1.95. The van der Waals surface area contributed by atoms with Gasteiger partial charge in [0.2, 0.25) is 0 Å². The van der Waals surface area contributed by atoms with Crippen LogP contribution in [0.4, 0.5) is 0 Å². The third-order valence-corrected chi connectivity index (χ3v) is 14.3. The molecule has 0 amide bonds. The quantitative estimate of drug-likeness (QED) is 0.683. The Balaban J connectivity index is 2.53. The Morgan fingerprint density at radius 2 is 1.70 bits per heavy atom. The summed E-state index contributed by atoms with van der Waals surface area (Å²) in [7, 11) is 0.329. The smallest absolute Gasteiger partial charge is 0.267 e. The third-order valence-electron chi connectivity index (χ3n) is 4.44. The van der Waals surface area contributed by atoms with Crippen LogP contribution in [0.1, 0.15) is 37.7 Å². The molecule has 0 saturated heterocycles. The molecular weight excluding hydrogens is 347 g/mol. The molecule has 1 aromatic rings. The van der Waals surface area contributed by atoms with Crippen LogP contribution in [-0.4, -0.2) is 39.1 Å². The van der Waals surface area contributed by atoms with Gasteiger partial charge in [-0.2, -0.15) is 12.6 Å². The highest BCUT2D eigenvalue weighted by molar-refractivity contribution is 8.58. The average Bonchev–Trinajstić information content (AvgIpc) is 2.53. The van der Waals surface area contributed by atoms with E-state index in [1.165, 1.54) is 19.3 Å². The molecule has 1 unspecified atom stereocenters. The van der Waals surface area contributed by atoms with E-state index >= 15 is 0 Å². The number of rotatable bonds is 5. The summed E-state index contributed by atoms with van der Waals surface area (Å²) in [6, 6.07) is 7.00. The highest BCUT2D eigenvalue weighted by Crippen LogP contribution is 2.69. The fourth-order valence-electron chi connectivity index (χ4n) is 3.14. The van der Waals surface area contributed by atoms with Crippen molar-refractivity contribution in [3.8, 4) is 0 Å². The van der Waals surface area contributed by atoms with Gasteiger partial charge in [-0.05, 0) is 52.2 Å². The molecule has 1 atom stereocenters. The minimum atomic E-state index is -3.63. The molecule has 23 heavy (non-hydrogen) atoms. The summed E-state index contributed by atoms with van der Waals surface area (Å²) in [4.78, 5) is 0.305. The fraction of sp³-hybridized carbons (Fsp3) is 0.625. The van der Waals surface area contributed by atoms with Crippen LogP contribution >= 0.6 is 17.8 Å². The third kappa shape index (κ3) is 4.22. The SMILES string of the molecule is CSP(=NS(=O)(=O)c1ccc(C)cc1)(C1CCCCC1)N(C)C. The van der Waals surface area contributed by atoms with Gasteiger partial charge in [-0.1, -0.05) is 37.0 Å². The van der Waals surface area contributed by atoms with Crippen molar-refractivity contribution in [1.29, 1.82) is 0 Å². The molecule has 0 radical (unpaired) electrons. The lowest BCUT2D eigenvalue weighted by molar-refractivity contribution is 0.498. The molecule has 1 aliphatic carbocycles. The molecule has 1 aliphatic rings. The average molecular weight is 375 g/mol. The first kappa shape index (κ1) is 19.0. The van der Waals surface area contributed by atoms with E-state index in [1.807, 2.05) is 39.4 Å². The van der Waals surface area contributed by atoms with Crippen molar-refractivity contribution in [2.45, 2.75) is 49.6 Å². The molecule has 0 spiro atoms. The van der Waals surface area contributed by atoms with Crippen molar-refractivity contribution in [3.05, 3.63) is 29.8 Å². The molecule has 130 valence electrons. The Morgan fingerprint density at radius 1 is 1.13 bits per heavy atom. The highest BCUT2D eigenvalue weighted by atomic mass is 32.7. The van der Waals surface area contributed by atoms with Crippen molar-refractivity contribution in [2.24, 2.45) is 4.15 Å². The number of nitrogens with zero attached hydrogens (tertiary/aromatic N) is 2. The first-order valence-corrected chi connectivity index (χ1v) is 13.0. The van der Waals surface area contributed by atoms with Gasteiger partial charge in [0, 0.05) is 5.66 Å². The number of hydrogen-bond acceptors (Lipinski definition) is 3. The van der Waals surface area contributed by atoms with Gasteiger partial charge >= 0.3 is 0 Å². The summed E-state index contributed by atoms with van der Waals surface area (Å²) in [6.07, 6.45) is 5.66. The minimum absolute atomic E-state index is 0.305. The van der Waals surface area contributed by atoms with E-state index in [0.717, 1.165) is 18.4 Å². The molecule has 0 N–H and O–H groups in total. The second-order valence-electron chi connectivity index (χ2n) is 6.28. The van der Waals surface area contributed by atoms with Crippen LogP contribution in [0.5, 0.6) is 0 Å². The van der Waals surface area contributed by atoms with Crippen LogP contribution in [0.2, 0.25) is 0 Å². The van der Waals surface area contributed by atoms with Crippen LogP contribution in [0.3, 0.4) is 0 Å². The largest absolute Gasteiger partial charge is 0.282 e. The van der Waals surface area contributed by atoms with Gasteiger partial charge in [-0.3, -0.25) is 4.67 Å². The maximum Gasteiger partial charge on any atom is 0.282 e. The summed E-state index contributed by atoms with van der Waals surface area (Å²) in [5.74, 6) is 0. The Morgan fingerprint density at radius 3 is 2.17 bits per heavy atom. The van der Waals surface area contributed by atoms with Crippen LogP contribution in [0, 0.1) is 6.92 Å². The van der Waals surface area contributed by atoms with Crippen molar-refractivity contribution in [2.75, 3.05) is 20.4 Å². The molecule has 0 aromatic heterocycles. The monoisotopic (exact) mass is 374 g/mol. The van der Waals surface area contributed by atoms with Crippen molar-refractivity contribution >= 4 is 27.8 Å². The summed E-state index contributed by atoms with van der Waals surface area (Å²) < 4.78 is 32.4. The minimum Gasteiger partial charge on any atom is -0.267 e. The fourth-order valence-corrected chi connectivity index (χ4v) is 12.8. The molecule has 1 aromatic carbocycles. The van der Waals surface area contributed by atoms with E-state index < -0.39 is 16.4 Å². The Labute approximate surface area is 145 Å². The van der Waals surface area contributed by atoms with Crippen LogP contribution in [0.25, 0.3) is 0 Å². The molecule has 1 fully saturated rings. The number of aryl methyl sites for hydroxylation is 1. The van der Waals surface area contributed by atoms with Gasteiger partial charge in [-0.15, -0.1) is 11.4 Å². The summed E-state index contributed by atoms with van der Waals surface area (Å²) in [5.41, 5.74) is 1.43. The zero-order valence-corrected chi connectivity index (χ0v) is 16.9. The molecular formula is C16H27N2O2PS2. The standard InChI is InChI=1S/C16H27N2O2PS2/c1-14-10-12-16(13-11-14)23(19,20)17-21(22-4,18(2)3)15-8-6-5-7-9-15/h10-13,15H,5-9H2,1-4H3. The van der Waals surface area contributed by atoms with Gasteiger partial charge in [0.1, 0.15) is 6.41 Å². The predicted molar refractivity (Wildman–Crippen MR) is 102 cm³/mol. The van der Waals surface area contributed by atoms with Crippen molar-refractivity contribution in [3.63, 3.8) is 0 Å². The molecule has 2 rings (SSSR count). The highest BCUT2D eigenvalue weighted by Gasteiger charge is 2.35. The van der Waals surface area contributed by atoms with E-state index in [9.17, 15) is 8.42 Å². The predicted octanol–water partition coefficient (Wildman–Crippen LogP) is 4.97. The number of hydrogen-bond donors (Lipinski definition) is 0. The number of benzene rings is 1. The molecule has 4 nitrogen and oxygen atoms in total. The second-order valence-corrected chi connectivity index (χ2v) is 14.1. The van der Waals surface area contributed by atoms with Crippen molar-refractivity contribution < 1.29 is 8.42 Å². The van der Waals surface area contributed by atoms with Crippen LogP contribution in [0.15, 0.2) is 33.3 Å². The molecule has 0 aliphatic heterocycles. The lowest BCUT2D eigenvalue weighted by Gasteiger charge is -2.38. The first-order valence-electron chi connectivity index (χ1n) is 8.00. The molecule has 1 saturated carbocycles. The molecule has 0 bridgehead atoms. The maximum absolute atomic E-state index is 12.9. The number of sulfonamides is 1. The Kier molecular flexibility index (Phi) is 6.40. The maximum atomic E-state index is 12.9. The Bertz CT molecular complexity index is 679. The van der Waals surface area contributed by atoms with Gasteiger partial charge in [0.25, 0.3) is 10.0 Å². The molecule has 7 heteroatoms. The van der Waals surface area contributed by atoms with Gasteiger partial charge in [-0.25, -0.2) is 0 Å². The normalized spacial score (nSPS) is 19.5. The summed E-state index contributed by atoms with van der Waals surface area (Å²) in [5, 5.41) is 0. The van der Waals surface area contributed by atoms with Crippen molar-refractivity contribution in [1.82, 2.24) is 4.67 Å². The first-order chi connectivity index (χ1) is 10.8. The zero-order chi connectivity index (χ0) is 17.1. The topological polar surface area (TPSA) is 49.7 Å². The zero-order valence-electron chi connectivity index (χ0n) is 14.4. The van der Waals surface area contributed by atoms with Crippen LogP contribution < -0.4 is 0 Å². The summed E-state index contributed by atoms with van der Waals surface area (Å²) >= 11 is 1.65. The Hall–Kier alpha value is -0.290.